The summed E-state index contributed by atoms with van der Waals surface area (Å²) in [6, 6.07) is 4.39. The minimum Gasteiger partial charge on any atom is -0.480 e. The topological polar surface area (TPSA) is 96.4 Å². The van der Waals surface area contributed by atoms with Gasteiger partial charge in [0, 0.05) is 18.0 Å². The van der Waals surface area contributed by atoms with Crippen molar-refractivity contribution in [1.29, 1.82) is 0 Å². The van der Waals surface area contributed by atoms with Crippen molar-refractivity contribution >= 4 is 29.8 Å². The molecule has 28 heavy (non-hydrogen) atoms. The molecule has 2 heterocycles. The van der Waals surface area contributed by atoms with Crippen molar-refractivity contribution in [1.82, 2.24) is 9.80 Å². The van der Waals surface area contributed by atoms with Crippen LogP contribution in [0.25, 0.3) is 0 Å². The van der Waals surface area contributed by atoms with E-state index in [9.17, 15) is 19.5 Å². The molecule has 0 bridgehead atoms. The predicted molar refractivity (Wildman–Crippen MR) is 99.9 cm³/mol. The molecule has 2 amide bonds. The van der Waals surface area contributed by atoms with Crippen molar-refractivity contribution in [3.8, 4) is 0 Å². The molecule has 0 unspecified atom stereocenters. The van der Waals surface area contributed by atoms with E-state index in [4.69, 9.17) is 21.1 Å². The van der Waals surface area contributed by atoms with Crippen LogP contribution in [0, 0.1) is 0 Å². The van der Waals surface area contributed by atoms with E-state index >= 15 is 0 Å². The minimum atomic E-state index is -1.16. The molecule has 1 aromatic carbocycles. The fourth-order valence-electron chi connectivity index (χ4n) is 3.37. The molecular formula is C19H23ClN2O6. The zero-order valence-corrected chi connectivity index (χ0v) is 16.7. The summed E-state index contributed by atoms with van der Waals surface area (Å²) in [5.41, 5.74) is 1.08. The molecule has 1 saturated heterocycles. The molecule has 1 aromatic rings. The number of carbonyl (C=O) groups is 3. The van der Waals surface area contributed by atoms with Gasteiger partial charge in [0.15, 0.2) is 0 Å². The van der Waals surface area contributed by atoms with Crippen LogP contribution >= 0.6 is 11.6 Å². The maximum Gasteiger partial charge on any atom is 0.411 e. The number of ether oxygens (including phenoxy) is 2. The third-order valence-electron chi connectivity index (χ3n) is 4.63. The highest BCUT2D eigenvalue weighted by molar-refractivity contribution is 6.31. The summed E-state index contributed by atoms with van der Waals surface area (Å²) >= 11 is 6.17. The van der Waals surface area contributed by atoms with Gasteiger partial charge in [-0.1, -0.05) is 23.7 Å². The molecule has 0 radical (unpaired) electrons. The number of halogens is 1. The molecule has 1 fully saturated rings. The van der Waals surface area contributed by atoms with E-state index in [1.165, 1.54) is 4.90 Å². The number of carboxylic acid groups (broad SMARTS) is 1. The second-order valence-corrected chi connectivity index (χ2v) is 8.37. The van der Waals surface area contributed by atoms with Crippen molar-refractivity contribution in [2.24, 2.45) is 0 Å². The Hall–Kier alpha value is -2.48. The average molecular weight is 411 g/mol. The fourth-order valence-corrected chi connectivity index (χ4v) is 3.62. The zero-order valence-electron chi connectivity index (χ0n) is 16.0. The number of amides is 2. The lowest BCUT2D eigenvalue weighted by molar-refractivity contribution is -0.142. The van der Waals surface area contributed by atoms with Crippen LogP contribution < -0.4 is 0 Å². The Kier molecular flexibility index (Phi) is 5.43. The quantitative estimate of drug-likeness (QED) is 0.803. The number of fused-ring (bicyclic) bond motifs is 1. The Morgan fingerprint density at radius 1 is 1.18 bits per heavy atom. The van der Waals surface area contributed by atoms with E-state index in [1.807, 2.05) is 12.1 Å². The number of hydrogen-bond donors (Lipinski definition) is 1. The van der Waals surface area contributed by atoms with Crippen LogP contribution in [0.1, 0.15) is 38.3 Å². The monoisotopic (exact) mass is 410 g/mol. The highest BCUT2D eigenvalue weighted by Gasteiger charge is 2.43. The Labute approximate surface area is 167 Å². The molecular weight excluding hydrogens is 388 g/mol. The number of rotatable bonds is 2. The molecule has 0 aromatic heterocycles. The lowest BCUT2D eigenvalue weighted by Gasteiger charge is -2.26. The van der Waals surface area contributed by atoms with E-state index in [0.29, 0.717) is 18.1 Å². The van der Waals surface area contributed by atoms with Gasteiger partial charge in [-0.25, -0.2) is 14.4 Å². The number of carbonyl (C=O) groups excluding carboxylic acids is 2. The van der Waals surface area contributed by atoms with Crippen LogP contribution in [-0.2, 0) is 27.4 Å². The third kappa shape index (κ3) is 4.32. The Morgan fingerprint density at radius 3 is 2.50 bits per heavy atom. The average Bonchev–Trinajstić information content (AvgIpc) is 3.18. The Bertz CT molecular complexity index is 806. The molecule has 0 saturated carbocycles. The van der Waals surface area contributed by atoms with Gasteiger partial charge >= 0.3 is 18.2 Å². The maximum atomic E-state index is 12.5. The lowest BCUT2D eigenvalue weighted by Crippen LogP contribution is -2.43. The lowest BCUT2D eigenvalue weighted by atomic mass is 10.1. The summed E-state index contributed by atoms with van der Waals surface area (Å²) in [5.74, 6) is -1.16. The molecule has 0 spiro atoms. The Balaban J connectivity index is 1.63. The van der Waals surface area contributed by atoms with Crippen LogP contribution in [0.3, 0.4) is 0 Å². The van der Waals surface area contributed by atoms with Crippen LogP contribution in [-0.4, -0.2) is 57.4 Å². The molecule has 0 aliphatic carbocycles. The Morgan fingerprint density at radius 2 is 1.89 bits per heavy atom. The van der Waals surface area contributed by atoms with Gasteiger partial charge in [-0.3, -0.25) is 9.80 Å². The summed E-state index contributed by atoms with van der Waals surface area (Å²) < 4.78 is 10.8. The second-order valence-electron chi connectivity index (χ2n) is 7.96. The summed E-state index contributed by atoms with van der Waals surface area (Å²) in [4.78, 5) is 39.0. The van der Waals surface area contributed by atoms with Crippen molar-refractivity contribution in [3.05, 3.63) is 34.3 Å². The van der Waals surface area contributed by atoms with Gasteiger partial charge in [0.1, 0.15) is 17.7 Å². The van der Waals surface area contributed by atoms with E-state index in [2.05, 4.69) is 0 Å². The van der Waals surface area contributed by atoms with Crippen molar-refractivity contribution in [2.75, 3.05) is 6.54 Å². The van der Waals surface area contributed by atoms with Crippen LogP contribution in [0.15, 0.2) is 18.2 Å². The number of nitrogens with zero attached hydrogens (tertiary/aromatic N) is 2. The molecule has 3 rings (SSSR count). The maximum absolute atomic E-state index is 12.5. The first kappa shape index (κ1) is 20.3. The molecule has 9 heteroatoms. The van der Waals surface area contributed by atoms with Gasteiger partial charge in [0.05, 0.1) is 13.1 Å². The molecule has 2 aliphatic rings. The predicted octanol–water partition coefficient (Wildman–Crippen LogP) is 3.25. The van der Waals surface area contributed by atoms with Gasteiger partial charge in [0.2, 0.25) is 0 Å². The SMILES string of the molecule is CC(C)(C)OC(=O)N1C[C@H](OC(=O)N2Cc3cccc(Cl)c3C2)C[C@@H]1C(=O)O. The molecule has 1 N–H and O–H groups in total. The first-order chi connectivity index (χ1) is 13.0. The first-order valence-electron chi connectivity index (χ1n) is 8.99. The minimum absolute atomic E-state index is 0.0157. The standard InChI is InChI=1S/C19H23ClN2O6/c1-19(2,3)28-18(26)22-9-12(7-15(22)16(23)24)27-17(25)21-8-11-5-4-6-14(20)13(11)10-21/h4-6,12,15H,7-10H2,1-3H3,(H,23,24)/t12-,15-/m1/s1. The van der Waals surface area contributed by atoms with E-state index < -0.39 is 35.9 Å². The van der Waals surface area contributed by atoms with E-state index in [-0.39, 0.29) is 13.0 Å². The fraction of sp³-hybridized carbons (Fsp3) is 0.526. The summed E-state index contributed by atoms with van der Waals surface area (Å²) in [7, 11) is 0. The molecule has 8 nitrogen and oxygen atoms in total. The number of aliphatic carboxylic acids is 1. The van der Waals surface area contributed by atoms with Crippen LogP contribution in [0.2, 0.25) is 5.02 Å². The van der Waals surface area contributed by atoms with Gasteiger partial charge in [-0.05, 0) is 38.0 Å². The van der Waals surface area contributed by atoms with Gasteiger partial charge < -0.3 is 14.6 Å². The van der Waals surface area contributed by atoms with Crippen molar-refractivity contribution in [3.63, 3.8) is 0 Å². The number of benzene rings is 1. The normalized spacial score (nSPS) is 21.4. The van der Waals surface area contributed by atoms with Crippen LogP contribution in [0.5, 0.6) is 0 Å². The summed E-state index contributed by atoms with van der Waals surface area (Å²) in [6.45, 7) is 5.77. The molecule has 152 valence electrons. The van der Waals surface area contributed by atoms with Gasteiger partial charge in [-0.2, -0.15) is 0 Å². The summed E-state index contributed by atoms with van der Waals surface area (Å²) in [5, 5.41) is 10.0. The third-order valence-corrected chi connectivity index (χ3v) is 4.98. The van der Waals surface area contributed by atoms with E-state index in [0.717, 1.165) is 16.0 Å². The van der Waals surface area contributed by atoms with Gasteiger partial charge in [0.25, 0.3) is 0 Å². The number of likely N-dealkylation sites (tertiary alicyclic amines) is 1. The highest BCUT2D eigenvalue weighted by Crippen LogP contribution is 2.30. The van der Waals surface area contributed by atoms with Crippen LogP contribution in [0.4, 0.5) is 9.59 Å². The largest absolute Gasteiger partial charge is 0.480 e. The first-order valence-corrected chi connectivity index (χ1v) is 9.37. The second kappa shape index (κ2) is 7.50. The van der Waals surface area contributed by atoms with Crippen molar-refractivity contribution in [2.45, 2.75) is 58.0 Å². The molecule has 2 atom stereocenters. The summed E-state index contributed by atoms with van der Waals surface area (Å²) in [6.07, 6.45) is -2.01. The van der Waals surface area contributed by atoms with E-state index in [1.54, 1.807) is 26.8 Å². The zero-order chi connectivity index (χ0) is 20.6. The smallest absolute Gasteiger partial charge is 0.411 e. The van der Waals surface area contributed by atoms with Gasteiger partial charge in [-0.15, -0.1) is 0 Å². The number of carboxylic acids is 1. The highest BCUT2D eigenvalue weighted by atomic mass is 35.5. The molecule has 2 aliphatic heterocycles. The van der Waals surface area contributed by atoms with Crippen molar-refractivity contribution < 1.29 is 29.0 Å². The number of hydrogen-bond acceptors (Lipinski definition) is 5.